The van der Waals surface area contributed by atoms with Crippen molar-refractivity contribution in [3.8, 4) is 5.75 Å². The average Bonchev–Trinajstić information content (AvgIpc) is 2.56. The molecule has 2 N–H and O–H groups in total. The van der Waals surface area contributed by atoms with E-state index in [-0.39, 0.29) is 54.2 Å². The van der Waals surface area contributed by atoms with Gasteiger partial charge in [0.25, 0.3) is 0 Å². The highest BCUT2D eigenvalue weighted by atomic mass is 127. The van der Waals surface area contributed by atoms with Crippen LogP contribution < -0.4 is 15.4 Å². The van der Waals surface area contributed by atoms with E-state index >= 15 is 0 Å². The van der Waals surface area contributed by atoms with E-state index in [1.54, 1.807) is 12.1 Å². The molecule has 2 rings (SSSR count). The second-order valence-corrected chi connectivity index (χ2v) is 5.00. The van der Waals surface area contributed by atoms with Crippen molar-refractivity contribution in [2.45, 2.75) is 19.7 Å². The van der Waals surface area contributed by atoms with Crippen LogP contribution in [0.4, 0.5) is 17.6 Å². The molecule has 0 saturated carbocycles. The minimum absolute atomic E-state index is 0. The van der Waals surface area contributed by atoms with E-state index in [1.807, 2.05) is 0 Å². The van der Waals surface area contributed by atoms with E-state index < -0.39 is 12.4 Å². The lowest BCUT2D eigenvalue weighted by molar-refractivity contribution is -0.0506. The molecule has 0 heterocycles. The molecule has 2 aromatic carbocycles. The Morgan fingerprint density at radius 1 is 1.08 bits per heavy atom. The summed E-state index contributed by atoms with van der Waals surface area (Å²) in [5.74, 6) is -0.979. The van der Waals surface area contributed by atoms with Gasteiger partial charge in [-0.25, -0.2) is 8.78 Å². The molecule has 0 amide bonds. The van der Waals surface area contributed by atoms with Crippen molar-refractivity contribution in [1.29, 1.82) is 0 Å². The minimum Gasteiger partial charge on any atom is -0.434 e. The standard InChI is InChI=1S/C17H17F4N3O.HI/c1-22-17(23-9-11-4-2-5-12(18)8-11)24-10-13-14(19)6-3-7-15(13)25-16(20)21;/h2-8,16H,9-10H2,1H3,(H2,22,23,24);1H. The van der Waals surface area contributed by atoms with Gasteiger partial charge in [0.1, 0.15) is 17.4 Å². The fourth-order valence-corrected chi connectivity index (χ4v) is 2.14. The monoisotopic (exact) mass is 483 g/mol. The zero-order valence-electron chi connectivity index (χ0n) is 13.8. The number of aliphatic imine (C=N–C) groups is 1. The summed E-state index contributed by atoms with van der Waals surface area (Å²) in [7, 11) is 1.50. The lowest BCUT2D eigenvalue weighted by Crippen LogP contribution is -2.36. The molecule has 0 radical (unpaired) electrons. The number of hydrogen-bond acceptors (Lipinski definition) is 2. The molecule has 0 saturated heterocycles. The van der Waals surface area contributed by atoms with Gasteiger partial charge < -0.3 is 15.4 Å². The van der Waals surface area contributed by atoms with E-state index in [4.69, 9.17) is 0 Å². The summed E-state index contributed by atoms with van der Waals surface area (Å²) in [6.45, 7) is -2.88. The maximum Gasteiger partial charge on any atom is 0.387 e. The number of nitrogens with zero attached hydrogens (tertiary/aromatic N) is 1. The van der Waals surface area contributed by atoms with Crippen LogP contribution in [0.5, 0.6) is 5.75 Å². The first-order chi connectivity index (χ1) is 12.0. The van der Waals surface area contributed by atoms with Crippen molar-refractivity contribution in [3.63, 3.8) is 0 Å². The molecule has 142 valence electrons. The number of halogens is 5. The van der Waals surface area contributed by atoms with Crippen LogP contribution >= 0.6 is 24.0 Å². The van der Waals surface area contributed by atoms with Crippen molar-refractivity contribution >= 4 is 29.9 Å². The van der Waals surface area contributed by atoms with Gasteiger partial charge in [0, 0.05) is 25.7 Å². The molecule has 0 unspecified atom stereocenters. The molecule has 4 nitrogen and oxygen atoms in total. The quantitative estimate of drug-likeness (QED) is 0.282. The Labute approximate surface area is 165 Å². The number of ether oxygens (including phenoxy) is 1. The summed E-state index contributed by atoms with van der Waals surface area (Å²) in [6.07, 6.45) is 0. The molecule has 2 aromatic rings. The number of hydrogen-bond donors (Lipinski definition) is 2. The molecule has 0 aliphatic heterocycles. The summed E-state index contributed by atoms with van der Waals surface area (Å²) >= 11 is 0. The number of alkyl halides is 2. The normalized spacial score (nSPS) is 11.1. The highest BCUT2D eigenvalue weighted by Gasteiger charge is 2.14. The Kier molecular flexibility index (Phi) is 9.17. The molecule has 0 aliphatic rings. The Morgan fingerprint density at radius 3 is 2.42 bits per heavy atom. The third-order valence-electron chi connectivity index (χ3n) is 3.30. The highest BCUT2D eigenvalue weighted by Crippen LogP contribution is 2.23. The number of rotatable bonds is 6. The molecular formula is C17H18F4IN3O. The number of guanidine groups is 1. The van der Waals surface area contributed by atoms with Gasteiger partial charge in [-0.05, 0) is 29.8 Å². The lowest BCUT2D eigenvalue weighted by Gasteiger charge is -2.15. The van der Waals surface area contributed by atoms with Gasteiger partial charge in [-0.2, -0.15) is 8.78 Å². The molecule has 0 bridgehead atoms. The Hall–Kier alpha value is -2.04. The third-order valence-corrected chi connectivity index (χ3v) is 3.30. The largest absolute Gasteiger partial charge is 0.434 e. The first-order valence-electron chi connectivity index (χ1n) is 7.40. The van der Waals surface area contributed by atoms with Crippen LogP contribution in [0.1, 0.15) is 11.1 Å². The highest BCUT2D eigenvalue weighted by molar-refractivity contribution is 14.0. The van der Waals surface area contributed by atoms with Crippen LogP contribution in [0.25, 0.3) is 0 Å². The molecule has 0 atom stereocenters. The Balaban J connectivity index is 0.00000338. The van der Waals surface area contributed by atoms with Crippen molar-refractivity contribution in [3.05, 3.63) is 65.2 Å². The van der Waals surface area contributed by atoms with Gasteiger partial charge >= 0.3 is 6.61 Å². The van der Waals surface area contributed by atoms with Crippen LogP contribution in [0.2, 0.25) is 0 Å². The van der Waals surface area contributed by atoms with E-state index in [2.05, 4.69) is 20.4 Å². The van der Waals surface area contributed by atoms with E-state index in [0.29, 0.717) is 11.5 Å². The van der Waals surface area contributed by atoms with Crippen molar-refractivity contribution in [1.82, 2.24) is 10.6 Å². The topological polar surface area (TPSA) is 45.7 Å². The van der Waals surface area contributed by atoms with Crippen LogP contribution in [-0.4, -0.2) is 19.6 Å². The van der Waals surface area contributed by atoms with E-state index in [1.165, 1.54) is 31.3 Å². The van der Waals surface area contributed by atoms with Crippen molar-refractivity contribution < 1.29 is 22.3 Å². The van der Waals surface area contributed by atoms with E-state index in [9.17, 15) is 17.6 Å². The zero-order chi connectivity index (χ0) is 18.2. The van der Waals surface area contributed by atoms with Crippen LogP contribution in [0.15, 0.2) is 47.5 Å². The second-order valence-electron chi connectivity index (χ2n) is 5.00. The van der Waals surface area contributed by atoms with Crippen molar-refractivity contribution in [2.75, 3.05) is 7.05 Å². The van der Waals surface area contributed by atoms with Gasteiger partial charge in [-0.3, -0.25) is 4.99 Å². The average molecular weight is 483 g/mol. The van der Waals surface area contributed by atoms with Gasteiger partial charge in [-0.1, -0.05) is 18.2 Å². The molecule has 0 aromatic heterocycles. The maximum atomic E-state index is 13.9. The zero-order valence-corrected chi connectivity index (χ0v) is 16.1. The van der Waals surface area contributed by atoms with Gasteiger partial charge in [0.2, 0.25) is 0 Å². The second kappa shape index (κ2) is 10.8. The van der Waals surface area contributed by atoms with E-state index in [0.717, 1.165) is 6.07 Å². The summed E-state index contributed by atoms with van der Waals surface area (Å²) in [5.41, 5.74) is 0.645. The molecule has 9 heteroatoms. The molecular weight excluding hydrogens is 465 g/mol. The minimum atomic E-state index is -3.05. The molecule has 26 heavy (non-hydrogen) atoms. The summed E-state index contributed by atoms with van der Waals surface area (Å²) in [5, 5.41) is 5.73. The van der Waals surface area contributed by atoms with Crippen LogP contribution in [0.3, 0.4) is 0 Å². The Morgan fingerprint density at radius 2 is 1.77 bits per heavy atom. The maximum absolute atomic E-state index is 13.9. The predicted molar refractivity (Wildman–Crippen MR) is 102 cm³/mol. The number of benzene rings is 2. The number of nitrogens with one attached hydrogen (secondary N) is 2. The lowest BCUT2D eigenvalue weighted by atomic mass is 10.2. The molecule has 0 fully saturated rings. The Bertz CT molecular complexity index is 744. The third kappa shape index (κ3) is 6.70. The molecule has 0 spiro atoms. The summed E-state index contributed by atoms with van der Waals surface area (Å²) in [4.78, 5) is 3.95. The van der Waals surface area contributed by atoms with Crippen LogP contribution in [-0.2, 0) is 13.1 Å². The van der Waals surface area contributed by atoms with Crippen LogP contribution in [0, 0.1) is 11.6 Å². The fraction of sp³-hybridized carbons (Fsp3) is 0.235. The summed E-state index contributed by atoms with van der Waals surface area (Å²) < 4.78 is 56.2. The SMILES string of the molecule is CN=C(NCc1cccc(F)c1)NCc1c(F)cccc1OC(F)F.I. The smallest absolute Gasteiger partial charge is 0.387 e. The molecule has 0 aliphatic carbocycles. The predicted octanol–water partition coefficient (Wildman–Crippen LogP) is 4.05. The first kappa shape index (κ1) is 22.0. The van der Waals surface area contributed by atoms with Crippen molar-refractivity contribution in [2.24, 2.45) is 4.99 Å². The fourth-order valence-electron chi connectivity index (χ4n) is 2.14. The van der Waals surface area contributed by atoms with Gasteiger partial charge in [-0.15, -0.1) is 24.0 Å². The summed E-state index contributed by atoms with van der Waals surface area (Å²) in [6, 6.07) is 9.71. The first-order valence-corrected chi connectivity index (χ1v) is 7.40. The van der Waals surface area contributed by atoms with Gasteiger partial charge in [0.15, 0.2) is 5.96 Å². The van der Waals surface area contributed by atoms with Gasteiger partial charge in [0.05, 0.1) is 0 Å².